The van der Waals surface area contributed by atoms with E-state index in [1.54, 1.807) is 39.5 Å². The van der Waals surface area contributed by atoms with Gasteiger partial charge in [-0.05, 0) is 35.9 Å². The summed E-state index contributed by atoms with van der Waals surface area (Å²) in [5.74, 6) is 0.966. The van der Waals surface area contributed by atoms with Crippen LogP contribution in [0, 0.1) is 0 Å². The summed E-state index contributed by atoms with van der Waals surface area (Å²) in [7, 11) is 5.97. The molecule has 0 fully saturated rings. The number of methoxy groups -OCH3 is 4. The summed E-state index contributed by atoms with van der Waals surface area (Å²) >= 11 is 0. The summed E-state index contributed by atoms with van der Waals surface area (Å²) in [6.07, 6.45) is 0. The summed E-state index contributed by atoms with van der Waals surface area (Å²) in [5, 5.41) is 2.80. The van der Waals surface area contributed by atoms with Gasteiger partial charge >= 0.3 is 5.97 Å². The Hall–Kier alpha value is -3.42. The van der Waals surface area contributed by atoms with Gasteiger partial charge in [-0.1, -0.05) is 0 Å². The Bertz CT molecular complexity index is 887. The van der Waals surface area contributed by atoms with Crippen LogP contribution in [-0.2, 0) is 16.1 Å². The predicted octanol–water partition coefficient (Wildman–Crippen LogP) is 2.46. The van der Waals surface area contributed by atoms with Crippen molar-refractivity contribution in [2.75, 3.05) is 45.2 Å². The van der Waals surface area contributed by atoms with E-state index in [2.05, 4.69) is 5.32 Å². The third-order valence-corrected chi connectivity index (χ3v) is 4.46. The molecule has 0 spiro atoms. The fourth-order valence-corrected chi connectivity index (χ4v) is 3.19. The first-order valence-electron chi connectivity index (χ1n) is 8.56. The van der Waals surface area contributed by atoms with Crippen LogP contribution >= 0.6 is 0 Å². The fraction of sp³-hybridized carbons (Fsp3) is 0.300. The van der Waals surface area contributed by atoms with Gasteiger partial charge in [0.2, 0.25) is 11.7 Å². The molecule has 0 atom stereocenters. The van der Waals surface area contributed by atoms with E-state index in [0.29, 0.717) is 35.0 Å². The Balaban J connectivity index is 1.96. The lowest BCUT2D eigenvalue weighted by Crippen LogP contribution is -2.37. The molecule has 1 aliphatic heterocycles. The van der Waals surface area contributed by atoms with Crippen molar-refractivity contribution < 1.29 is 28.5 Å². The van der Waals surface area contributed by atoms with Gasteiger partial charge in [-0.25, -0.2) is 4.79 Å². The van der Waals surface area contributed by atoms with Crippen LogP contribution in [0.5, 0.6) is 17.2 Å². The molecule has 0 saturated heterocycles. The third kappa shape index (κ3) is 3.66. The largest absolute Gasteiger partial charge is 0.493 e. The molecule has 0 bridgehead atoms. The van der Waals surface area contributed by atoms with Crippen molar-refractivity contribution in [3.63, 3.8) is 0 Å². The Labute approximate surface area is 162 Å². The SMILES string of the molecule is COC(=O)c1ccc2c(c1)NC(=O)CN2Cc1cc(OC)c(OC)c(OC)c1. The molecular weight excluding hydrogens is 364 g/mol. The number of hydrogen-bond acceptors (Lipinski definition) is 7. The normalized spacial score (nSPS) is 12.7. The molecule has 0 aromatic heterocycles. The zero-order chi connectivity index (χ0) is 20.3. The average Bonchev–Trinajstić information content (AvgIpc) is 2.71. The van der Waals surface area contributed by atoms with Crippen LogP contribution in [0.4, 0.5) is 11.4 Å². The maximum atomic E-state index is 12.2. The summed E-state index contributed by atoms with van der Waals surface area (Å²) in [6, 6.07) is 8.76. The van der Waals surface area contributed by atoms with Crippen molar-refractivity contribution in [2.24, 2.45) is 0 Å². The molecule has 2 aromatic carbocycles. The molecule has 0 aliphatic carbocycles. The summed E-state index contributed by atoms with van der Waals surface area (Å²) < 4.78 is 20.9. The molecule has 8 nitrogen and oxygen atoms in total. The van der Waals surface area contributed by atoms with E-state index < -0.39 is 5.97 Å². The number of esters is 1. The lowest BCUT2D eigenvalue weighted by molar-refractivity contribution is -0.115. The van der Waals surface area contributed by atoms with Gasteiger partial charge < -0.3 is 29.2 Å². The maximum absolute atomic E-state index is 12.2. The summed E-state index contributed by atoms with van der Waals surface area (Å²) in [4.78, 5) is 25.9. The topological polar surface area (TPSA) is 86.3 Å². The standard InChI is InChI=1S/C20H22N2O6/c1-25-16-7-12(8-17(26-2)19(16)27-3)10-22-11-18(23)21-14-9-13(20(24)28-4)5-6-15(14)22/h5-9H,10-11H2,1-4H3,(H,21,23). The number of amides is 1. The first-order valence-corrected chi connectivity index (χ1v) is 8.56. The summed E-state index contributed by atoms with van der Waals surface area (Å²) in [5.41, 5.74) is 2.62. The highest BCUT2D eigenvalue weighted by Gasteiger charge is 2.24. The Morgan fingerprint density at radius 2 is 1.71 bits per heavy atom. The zero-order valence-electron chi connectivity index (χ0n) is 16.2. The molecule has 1 N–H and O–H groups in total. The molecule has 0 saturated carbocycles. The first kappa shape index (κ1) is 19.3. The number of nitrogens with one attached hydrogen (secondary N) is 1. The number of hydrogen-bond donors (Lipinski definition) is 1. The first-order chi connectivity index (χ1) is 13.5. The van der Waals surface area contributed by atoms with E-state index in [0.717, 1.165) is 11.3 Å². The van der Waals surface area contributed by atoms with Crippen molar-refractivity contribution in [2.45, 2.75) is 6.54 Å². The number of fused-ring (bicyclic) bond motifs is 1. The van der Waals surface area contributed by atoms with E-state index in [1.165, 1.54) is 7.11 Å². The smallest absolute Gasteiger partial charge is 0.337 e. The van der Waals surface area contributed by atoms with Crippen LogP contribution in [0.3, 0.4) is 0 Å². The van der Waals surface area contributed by atoms with Crippen LogP contribution in [0.15, 0.2) is 30.3 Å². The van der Waals surface area contributed by atoms with Gasteiger partial charge in [0.15, 0.2) is 11.5 Å². The van der Waals surface area contributed by atoms with Crippen molar-refractivity contribution in [1.29, 1.82) is 0 Å². The highest BCUT2D eigenvalue weighted by atomic mass is 16.5. The Kier molecular flexibility index (Phi) is 5.58. The van der Waals surface area contributed by atoms with Gasteiger partial charge in [0.25, 0.3) is 0 Å². The van der Waals surface area contributed by atoms with Gasteiger partial charge in [-0.3, -0.25) is 4.79 Å². The fourth-order valence-electron chi connectivity index (χ4n) is 3.19. The van der Waals surface area contributed by atoms with Crippen LogP contribution in [0.1, 0.15) is 15.9 Å². The van der Waals surface area contributed by atoms with Crippen LogP contribution in [0.25, 0.3) is 0 Å². The van der Waals surface area contributed by atoms with Gasteiger partial charge in [0.1, 0.15) is 0 Å². The molecule has 1 aliphatic rings. The Morgan fingerprint density at radius 3 is 2.29 bits per heavy atom. The maximum Gasteiger partial charge on any atom is 0.337 e. The molecular formula is C20H22N2O6. The quantitative estimate of drug-likeness (QED) is 0.763. The number of rotatable bonds is 6. The molecule has 1 amide bonds. The van der Waals surface area contributed by atoms with E-state index >= 15 is 0 Å². The van der Waals surface area contributed by atoms with Crippen molar-refractivity contribution in [3.8, 4) is 17.2 Å². The second-order valence-electron chi connectivity index (χ2n) is 6.16. The lowest BCUT2D eigenvalue weighted by atomic mass is 10.1. The minimum absolute atomic E-state index is 0.165. The minimum Gasteiger partial charge on any atom is -0.493 e. The number of benzene rings is 2. The molecule has 0 radical (unpaired) electrons. The molecule has 8 heteroatoms. The molecule has 2 aromatic rings. The van der Waals surface area contributed by atoms with Crippen LogP contribution in [-0.4, -0.2) is 46.9 Å². The van der Waals surface area contributed by atoms with E-state index in [-0.39, 0.29) is 12.5 Å². The van der Waals surface area contributed by atoms with Gasteiger partial charge in [-0.2, -0.15) is 0 Å². The van der Waals surface area contributed by atoms with E-state index in [1.807, 2.05) is 17.0 Å². The second-order valence-corrected chi connectivity index (χ2v) is 6.16. The average molecular weight is 386 g/mol. The molecule has 0 unspecified atom stereocenters. The van der Waals surface area contributed by atoms with E-state index in [9.17, 15) is 9.59 Å². The highest BCUT2D eigenvalue weighted by Crippen LogP contribution is 2.39. The summed E-state index contributed by atoms with van der Waals surface area (Å²) in [6.45, 7) is 0.621. The van der Waals surface area contributed by atoms with Crippen molar-refractivity contribution >= 4 is 23.3 Å². The van der Waals surface area contributed by atoms with Gasteiger partial charge in [0.05, 0.1) is 51.9 Å². The lowest BCUT2D eigenvalue weighted by Gasteiger charge is -2.31. The van der Waals surface area contributed by atoms with Crippen molar-refractivity contribution in [3.05, 3.63) is 41.5 Å². The predicted molar refractivity (Wildman–Crippen MR) is 104 cm³/mol. The molecule has 1 heterocycles. The zero-order valence-corrected chi connectivity index (χ0v) is 16.2. The van der Waals surface area contributed by atoms with Crippen LogP contribution in [0.2, 0.25) is 0 Å². The van der Waals surface area contributed by atoms with E-state index in [4.69, 9.17) is 18.9 Å². The third-order valence-electron chi connectivity index (χ3n) is 4.46. The Morgan fingerprint density at radius 1 is 1.04 bits per heavy atom. The van der Waals surface area contributed by atoms with Gasteiger partial charge in [0, 0.05) is 6.54 Å². The van der Waals surface area contributed by atoms with Crippen LogP contribution < -0.4 is 24.4 Å². The molecule has 3 rings (SSSR count). The monoisotopic (exact) mass is 386 g/mol. The number of carbonyl (C=O) groups excluding carboxylic acids is 2. The molecule has 148 valence electrons. The second kappa shape index (κ2) is 8.08. The molecule has 28 heavy (non-hydrogen) atoms. The number of anilines is 2. The number of carbonyl (C=O) groups is 2. The van der Waals surface area contributed by atoms with Crippen molar-refractivity contribution in [1.82, 2.24) is 0 Å². The number of nitrogens with zero attached hydrogens (tertiary/aromatic N) is 1. The minimum atomic E-state index is -0.459. The van der Waals surface area contributed by atoms with Gasteiger partial charge in [-0.15, -0.1) is 0 Å². The highest BCUT2D eigenvalue weighted by molar-refractivity contribution is 6.03. The number of ether oxygens (including phenoxy) is 4.